The molecule has 0 amide bonds. The highest BCUT2D eigenvalue weighted by Crippen LogP contribution is 2.34. The first-order valence-electron chi connectivity index (χ1n) is 4.06. The number of nitro groups is 1. The van der Waals surface area contributed by atoms with Crippen LogP contribution in [0.15, 0.2) is 12.1 Å². The molecule has 7 nitrogen and oxygen atoms in total. The maximum absolute atomic E-state index is 10.3. The molecule has 0 unspecified atom stereocenters. The van der Waals surface area contributed by atoms with Gasteiger partial charge in [0, 0.05) is 13.0 Å². The number of carbonyl (C=O) groups is 1. The third-order valence-corrected chi connectivity index (χ3v) is 1.66. The molecule has 1 aromatic carbocycles. The number of aliphatic carboxylic acids is 1. The van der Waals surface area contributed by atoms with Gasteiger partial charge in [-0.2, -0.15) is 5.26 Å². The number of hydrogen-bond acceptors (Lipinski definition) is 5. The van der Waals surface area contributed by atoms with Crippen molar-refractivity contribution in [2.24, 2.45) is 0 Å². The first kappa shape index (κ1) is 14.7. The summed E-state index contributed by atoms with van der Waals surface area (Å²) in [5.74, 6) is -1.45. The van der Waals surface area contributed by atoms with Gasteiger partial charge in [0.05, 0.1) is 21.6 Å². The zero-order valence-corrected chi connectivity index (χ0v) is 9.30. The number of nitro benzene ring substituents is 1. The number of hydrogen-bond donors (Lipinski definition) is 2. The Bertz CT molecular complexity index is 491. The quantitative estimate of drug-likeness (QED) is 0.585. The average molecular weight is 259 g/mol. The van der Waals surface area contributed by atoms with Gasteiger partial charge in [-0.3, -0.25) is 14.9 Å². The Morgan fingerprint density at radius 3 is 2.41 bits per heavy atom. The predicted molar refractivity (Wildman–Crippen MR) is 57.8 cm³/mol. The third-order valence-electron chi connectivity index (χ3n) is 1.37. The van der Waals surface area contributed by atoms with E-state index in [1.54, 1.807) is 6.07 Å². The van der Waals surface area contributed by atoms with E-state index in [1.165, 1.54) is 0 Å². The van der Waals surface area contributed by atoms with E-state index in [1.807, 2.05) is 0 Å². The summed E-state index contributed by atoms with van der Waals surface area (Å²) < 4.78 is 0. The van der Waals surface area contributed by atoms with Gasteiger partial charge in [0.1, 0.15) is 0 Å². The number of nitrogens with zero attached hydrogens (tertiary/aromatic N) is 2. The number of phenols is 1. The molecule has 0 bridgehead atoms. The lowest BCUT2D eigenvalue weighted by atomic mass is 10.2. The number of phenolic OH excluding ortho intramolecular Hbond substituents is 1. The fourth-order valence-electron chi connectivity index (χ4n) is 0.788. The van der Waals surface area contributed by atoms with E-state index in [2.05, 4.69) is 0 Å². The Hall–Kier alpha value is -2.33. The predicted octanol–water partition coefficient (Wildman–Crippen LogP) is 1.92. The lowest BCUT2D eigenvalue weighted by Crippen LogP contribution is -1.90. The maximum Gasteiger partial charge on any atom is 0.313 e. The zero-order chi connectivity index (χ0) is 13.6. The number of carboxylic acids is 1. The van der Waals surface area contributed by atoms with Crippen molar-refractivity contribution >= 4 is 23.3 Å². The van der Waals surface area contributed by atoms with Crippen LogP contribution in [-0.4, -0.2) is 21.1 Å². The van der Waals surface area contributed by atoms with Crippen molar-refractivity contribution < 1.29 is 19.9 Å². The lowest BCUT2D eigenvalue weighted by Gasteiger charge is -1.98. The minimum Gasteiger partial charge on any atom is -0.501 e. The monoisotopic (exact) mass is 258 g/mol. The van der Waals surface area contributed by atoms with Gasteiger partial charge in [0.2, 0.25) is 5.75 Å². The van der Waals surface area contributed by atoms with E-state index in [9.17, 15) is 10.1 Å². The van der Waals surface area contributed by atoms with Crippen LogP contribution < -0.4 is 0 Å². The normalized spacial score (nSPS) is 8.53. The molecule has 0 aliphatic heterocycles. The van der Waals surface area contributed by atoms with Crippen molar-refractivity contribution in [3.63, 3.8) is 0 Å². The molecule has 0 aromatic heterocycles. The van der Waals surface area contributed by atoms with Crippen molar-refractivity contribution in [2.45, 2.75) is 6.92 Å². The highest BCUT2D eigenvalue weighted by molar-refractivity contribution is 6.32. The van der Waals surface area contributed by atoms with Crippen molar-refractivity contribution in [1.82, 2.24) is 0 Å². The molecular formula is C9H7ClN2O5. The summed E-state index contributed by atoms with van der Waals surface area (Å²) in [7, 11) is 0. The molecule has 0 saturated heterocycles. The van der Waals surface area contributed by atoms with Gasteiger partial charge in [-0.25, -0.2) is 0 Å². The second-order valence-corrected chi connectivity index (χ2v) is 3.12. The molecule has 0 spiro atoms. The van der Waals surface area contributed by atoms with Crippen LogP contribution in [0, 0.1) is 21.4 Å². The maximum atomic E-state index is 10.3. The fourth-order valence-corrected chi connectivity index (χ4v) is 1.00. The average Bonchev–Trinajstić information content (AvgIpc) is 2.20. The van der Waals surface area contributed by atoms with Gasteiger partial charge >= 0.3 is 5.69 Å². The molecule has 0 aliphatic carbocycles. The Morgan fingerprint density at radius 2 is 2.06 bits per heavy atom. The lowest BCUT2D eigenvalue weighted by molar-refractivity contribution is -0.385. The number of rotatable bonds is 1. The van der Waals surface area contributed by atoms with E-state index in [4.69, 9.17) is 31.9 Å². The minimum atomic E-state index is -0.833. The topological polar surface area (TPSA) is 124 Å². The summed E-state index contributed by atoms with van der Waals surface area (Å²) in [5, 5.41) is 35.1. The van der Waals surface area contributed by atoms with Crippen molar-refractivity contribution in [1.29, 1.82) is 5.26 Å². The number of nitriles is 1. The highest BCUT2D eigenvalue weighted by atomic mass is 35.5. The van der Waals surface area contributed by atoms with Crippen LogP contribution in [0.1, 0.15) is 12.5 Å². The molecule has 0 atom stereocenters. The molecule has 0 radical (unpaired) electrons. The Labute approximate surface area is 101 Å². The molecule has 1 aromatic rings. The van der Waals surface area contributed by atoms with Crippen LogP contribution in [0.4, 0.5) is 5.69 Å². The van der Waals surface area contributed by atoms with Crippen LogP contribution in [0.5, 0.6) is 5.75 Å². The van der Waals surface area contributed by atoms with Gasteiger partial charge in [-0.1, -0.05) is 11.6 Å². The molecule has 2 N–H and O–H groups in total. The minimum absolute atomic E-state index is 0.0366. The summed E-state index contributed by atoms with van der Waals surface area (Å²) in [6.45, 7) is 1.08. The molecule has 17 heavy (non-hydrogen) atoms. The Morgan fingerprint density at radius 1 is 1.59 bits per heavy atom. The van der Waals surface area contributed by atoms with Crippen LogP contribution in [0.3, 0.4) is 0 Å². The largest absolute Gasteiger partial charge is 0.501 e. The van der Waals surface area contributed by atoms with E-state index in [0.717, 1.165) is 19.1 Å². The van der Waals surface area contributed by atoms with Crippen molar-refractivity contribution in [2.75, 3.05) is 0 Å². The number of halogens is 1. The van der Waals surface area contributed by atoms with Gasteiger partial charge in [0.25, 0.3) is 5.97 Å². The van der Waals surface area contributed by atoms with E-state index >= 15 is 0 Å². The van der Waals surface area contributed by atoms with Gasteiger partial charge < -0.3 is 10.2 Å². The Kier molecular flexibility index (Phi) is 5.43. The third kappa shape index (κ3) is 4.81. The number of aromatic hydroxyl groups is 1. The number of benzene rings is 1. The van der Waals surface area contributed by atoms with Gasteiger partial charge in [0.15, 0.2) is 0 Å². The molecule has 0 aliphatic rings. The highest BCUT2D eigenvalue weighted by Gasteiger charge is 2.17. The van der Waals surface area contributed by atoms with Crippen molar-refractivity contribution in [3.05, 3.63) is 32.8 Å². The molecule has 0 heterocycles. The molecule has 8 heteroatoms. The molecular weight excluding hydrogens is 252 g/mol. The first-order chi connectivity index (χ1) is 7.79. The summed E-state index contributed by atoms with van der Waals surface area (Å²) in [4.78, 5) is 18.5. The summed E-state index contributed by atoms with van der Waals surface area (Å²) >= 11 is 5.44. The zero-order valence-electron chi connectivity index (χ0n) is 8.55. The van der Waals surface area contributed by atoms with Crippen LogP contribution >= 0.6 is 11.6 Å². The molecule has 0 fully saturated rings. The summed E-state index contributed by atoms with van der Waals surface area (Å²) in [6, 6.07) is 3.81. The van der Waals surface area contributed by atoms with Crippen LogP contribution in [0.25, 0.3) is 0 Å². The Balaban J connectivity index is 0.000000557. The second kappa shape index (κ2) is 6.30. The van der Waals surface area contributed by atoms with Crippen LogP contribution in [0.2, 0.25) is 5.02 Å². The standard InChI is InChI=1S/C7H3ClN2O3.C2H4O2/c8-5-1-4(3-9)2-6(7(5)11)10(12)13;1-2(3)4/h1-2,11H;1H3,(H,3,4). The van der Waals surface area contributed by atoms with E-state index in [-0.39, 0.29) is 10.6 Å². The summed E-state index contributed by atoms with van der Waals surface area (Å²) in [6.07, 6.45) is 0. The van der Waals surface area contributed by atoms with E-state index in [0.29, 0.717) is 0 Å². The SMILES string of the molecule is CC(=O)O.N#Cc1cc(Cl)c(O)c([N+](=O)[O-])c1. The molecule has 0 saturated carbocycles. The molecule has 1 rings (SSSR count). The van der Waals surface area contributed by atoms with Crippen molar-refractivity contribution in [3.8, 4) is 11.8 Å². The molecule has 90 valence electrons. The second-order valence-electron chi connectivity index (χ2n) is 2.71. The van der Waals surface area contributed by atoms with Gasteiger partial charge in [-0.05, 0) is 6.07 Å². The van der Waals surface area contributed by atoms with Gasteiger partial charge in [-0.15, -0.1) is 0 Å². The van der Waals surface area contributed by atoms with E-state index < -0.39 is 22.3 Å². The van der Waals surface area contributed by atoms with Crippen LogP contribution in [-0.2, 0) is 4.79 Å². The smallest absolute Gasteiger partial charge is 0.313 e. The first-order valence-corrected chi connectivity index (χ1v) is 4.44. The number of carboxylic acid groups (broad SMARTS) is 1. The fraction of sp³-hybridized carbons (Fsp3) is 0.111. The summed E-state index contributed by atoms with van der Waals surface area (Å²) in [5.41, 5.74) is -0.529.